The van der Waals surface area contributed by atoms with E-state index in [1.807, 2.05) is 72.9 Å². The lowest BCUT2D eigenvalue weighted by atomic mass is 10.1. The number of rotatable bonds is 2. The lowest BCUT2D eigenvalue weighted by molar-refractivity contribution is 0.262. The van der Waals surface area contributed by atoms with E-state index in [2.05, 4.69) is 15.6 Å². The molecule has 1 heterocycles. The van der Waals surface area contributed by atoms with Gasteiger partial charge in [0.2, 0.25) is 0 Å². The molecule has 0 atom stereocenters. The Hall–Kier alpha value is -3.27. The molecule has 0 spiro atoms. The molecule has 0 saturated carbocycles. The summed E-state index contributed by atoms with van der Waals surface area (Å²) in [5.74, 6) is 0. The molecule has 0 unspecified atom stereocenters. The highest BCUT2D eigenvalue weighted by molar-refractivity contribution is 6.09. The van der Waals surface area contributed by atoms with Crippen LogP contribution in [0.4, 0.5) is 16.2 Å². The standard InChI is InChI=1S/C19H15N3O/c23-19(22-18-10-4-8-16-15(18)11-12-20-16)21-17-9-3-6-13-5-1-2-7-14(13)17/h1-12,20H,(H2,21,22,23). The zero-order valence-electron chi connectivity index (χ0n) is 12.3. The molecule has 3 N–H and O–H groups in total. The zero-order chi connectivity index (χ0) is 15.6. The van der Waals surface area contributed by atoms with Crippen LogP contribution >= 0.6 is 0 Å². The van der Waals surface area contributed by atoms with Gasteiger partial charge in [0.1, 0.15) is 0 Å². The Balaban J connectivity index is 1.61. The second kappa shape index (κ2) is 5.50. The molecule has 4 heteroatoms. The van der Waals surface area contributed by atoms with Crippen LogP contribution in [0.1, 0.15) is 0 Å². The van der Waals surface area contributed by atoms with Crippen molar-refractivity contribution in [2.45, 2.75) is 0 Å². The normalized spacial score (nSPS) is 10.8. The Kier molecular flexibility index (Phi) is 3.20. The van der Waals surface area contributed by atoms with Gasteiger partial charge in [-0.05, 0) is 29.7 Å². The van der Waals surface area contributed by atoms with E-state index in [0.717, 1.165) is 33.1 Å². The van der Waals surface area contributed by atoms with Crippen LogP contribution in [0.3, 0.4) is 0 Å². The molecule has 0 aliphatic heterocycles. The first-order valence-corrected chi connectivity index (χ1v) is 7.43. The third-order valence-electron chi connectivity index (χ3n) is 3.88. The fraction of sp³-hybridized carbons (Fsp3) is 0. The molecule has 4 rings (SSSR count). The highest BCUT2D eigenvalue weighted by Crippen LogP contribution is 2.25. The Morgan fingerprint density at radius 3 is 2.30 bits per heavy atom. The molecule has 0 bridgehead atoms. The van der Waals surface area contributed by atoms with Gasteiger partial charge >= 0.3 is 6.03 Å². The van der Waals surface area contributed by atoms with E-state index in [4.69, 9.17) is 0 Å². The molecule has 2 amide bonds. The van der Waals surface area contributed by atoms with Crippen LogP contribution in [0, 0.1) is 0 Å². The van der Waals surface area contributed by atoms with Gasteiger partial charge in [0, 0.05) is 22.5 Å². The van der Waals surface area contributed by atoms with Gasteiger partial charge in [0.15, 0.2) is 0 Å². The third kappa shape index (κ3) is 2.51. The molecule has 1 aromatic heterocycles. The SMILES string of the molecule is O=C(Nc1cccc2ccccc12)Nc1cccc2[nH]ccc12. The molecule has 0 aliphatic rings. The van der Waals surface area contributed by atoms with Crippen LogP contribution in [0.25, 0.3) is 21.7 Å². The van der Waals surface area contributed by atoms with Crippen molar-refractivity contribution in [3.63, 3.8) is 0 Å². The van der Waals surface area contributed by atoms with E-state index in [1.54, 1.807) is 0 Å². The van der Waals surface area contributed by atoms with E-state index in [1.165, 1.54) is 0 Å². The number of hydrogen-bond donors (Lipinski definition) is 3. The molecule has 3 aromatic carbocycles. The highest BCUT2D eigenvalue weighted by Gasteiger charge is 2.08. The minimum atomic E-state index is -0.255. The van der Waals surface area contributed by atoms with E-state index >= 15 is 0 Å². The van der Waals surface area contributed by atoms with Gasteiger partial charge in [-0.25, -0.2) is 4.79 Å². The lowest BCUT2D eigenvalue weighted by Gasteiger charge is -2.11. The summed E-state index contributed by atoms with van der Waals surface area (Å²) in [6, 6.07) is 21.3. The van der Waals surface area contributed by atoms with Crippen LogP contribution in [-0.2, 0) is 0 Å². The smallest absolute Gasteiger partial charge is 0.323 e. The Morgan fingerprint density at radius 1 is 0.739 bits per heavy atom. The van der Waals surface area contributed by atoms with Crippen LogP contribution in [0.15, 0.2) is 72.9 Å². The van der Waals surface area contributed by atoms with Crippen molar-refractivity contribution in [2.24, 2.45) is 0 Å². The number of aromatic amines is 1. The third-order valence-corrected chi connectivity index (χ3v) is 3.88. The summed E-state index contributed by atoms with van der Waals surface area (Å²) < 4.78 is 0. The average molecular weight is 301 g/mol. The second-order valence-electron chi connectivity index (χ2n) is 5.35. The minimum absolute atomic E-state index is 0.255. The number of hydrogen-bond acceptors (Lipinski definition) is 1. The van der Waals surface area contributed by atoms with Crippen LogP contribution in [0.5, 0.6) is 0 Å². The van der Waals surface area contributed by atoms with Gasteiger partial charge in [0.05, 0.1) is 11.4 Å². The van der Waals surface area contributed by atoms with Crippen molar-refractivity contribution in [3.8, 4) is 0 Å². The first kappa shape index (κ1) is 13.4. The molecule has 0 aliphatic carbocycles. The number of benzene rings is 3. The lowest BCUT2D eigenvalue weighted by Crippen LogP contribution is -2.19. The first-order chi connectivity index (χ1) is 11.3. The number of urea groups is 1. The number of anilines is 2. The van der Waals surface area contributed by atoms with Gasteiger partial charge in [-0.1, -0.05) is 42.5 Å². The van der Waals surface area contributed by atoms with Crippen molar-refractivity contribution in [2.75, 3.05) is 10.6 Å². The van der Waals surface area contributed by atoms with E-state index in [-0.39, 0.29) is 6.03 Å². The monoisotopic (exact) mass is 301 g/mol. The predicted octanol–water partition coefficient (Wildman–Crippen LogP) is 4.97. The fourth-order valence-electron chi connectivity index (χ4n) is 2.80. The van der Waals surface area contributed by atoms with Crippen molar-refractivity contribution in [3.05, 3.63) is 72.9 Å². The van der Waals surface area contributed by atoms with Gasteiger partial charge in [0.25, 0.3) is 0 Å². The number of carbonyl (C=O) groups excluding carboxylic acids is 1. The largest absolute Gasteiger partial charge is 0.361 e. The Bertz CT molecular complexity index is 998. The number of aromatic nitrogens is 1. The first-order valence-electron chi connectivity index (χ1n) is 7.43. The van der Waals surface area contributed by atoms with E-state index < -0.39 is 0 Å². The summed E-state index contributed by atoms with van der Waals surface area (Å²) >= 11 is 0. The number of carbonyl (C=O) groups is 1. The molecule has 0 radical (unpaired) electrons. The van der Waals surface area contributed by atoms with Gasteiger partial charge in [-0.3, -0.25) is 0 Å². The summed E-state index contributed by atoms with van der Waals surface area (Å²) in [5.41, 5.74) is 2.57. The number of fused-ring (bicyclic) bond motifs is 2. The molecule has 0 fully saturated rings. The highest BCUT2D eigenvalue weighted by atomic mass is 16.2. The number of nitrogens with one attached hydrogen (secondary N) is 3. The maximum atomic E-state index is 12.4. The molecular weight excluding hydrogens is 286 g/mol. The average Bonchev–Trinajstić information content (AvgIpc) is 3.05. The van der Waals surface area contributed by atoms with Crippen molar-refractivity contribution in [1.29, 1.82) is 0 Å². The zero-order valence-corrected chi connectivity index (χ0v) is 12.3. The minimum Gasteiger partial charge on any atom is -0.361 e. The van der Waals surface area contributed by atoms with Crippen molar-refractivity contribution < 1.29 is 4.79 Å². The topological polar surface area (TPSA) is 56.9 Å². The summed E-state index contributed by atoms with van der Waals surface area (Å²) in [4.78, 5) is 15.5. The molecule has 4 nitrogen and oxygen atoms in total. The summed E-state index contributed by atoms with van der Waals surface area (Å²) in [7, 11) is 0. The number of H-pyrrole nitrogens is 1. The maximum absolute atomic E-state index is 12.4. The Labute approximate surface area is 133 Å². The van der Waals surface area contributed by atoms with E-state index in [0.29, 0.717) is 0 Å². The predicted molar refractivity (Wildman–Crippen MR) is 94.9 cm³/mol. The van der Waals surface area contributed by atoms with Gasteiger partial charge in [-0.2, -0.15) is 0 Å². The fourth-order valence-corrected chi connectivity index (χ4v) is 2.80. The number of amides is 2. The summed E-state index contributed by atoms with van der Waals surface area (Å²) in [5, 5.41) is 8.94. The van der Waals surface area contributed by atoms with Crippen LogP contribution < -0.4 is 10.6 Å². The quantitative estimate of drug-likeness (QED) is 0.481. The molecule has 23 heavy (non-hydrogen) atoms. The second-order valence-corrected chi connectivity index (χ2v) is 5.35. The van der Waals surface area contributed by atoms with E-state index in [9.17, 15) is 4.79 Å². The summed E-state index contributed by atoms with van der Waals surface area (Å²) in [6.07, 6.45) is 1.86. The molecular formula is C19H15N3O. The van der Waals surface area contributed by atoms with Gasteiger partial charge < -0.3 is 15.6 Å². The maximum Gasteiger partial charge on any atom is 0.323 e. The van der Waals surface area contributed by atoms with Crippen LogP contribution in [-0.4, -0.2) is 11.0 Å². The van der Waals surface area contributed by atoms with Crippen molar-refractivity contribution >= 4 is 39.1 Å². The molecule has 4 aromatic rings. The molecule has 112 valence electrons. The van der Waals surface area contributed by atoms with Crippen LogP contribution in [0.2, 0.25) is 0 Å². The summed E-state index contributed by atoms with van der Waals surface area (Å²) in [6.45, 7) is 0. The Morgan fingerprint density at radius 2 is 1.43 bits per heavy atom. The molecule has 0 saturated heterocycles. The van der Waals surface area contributed by atoms with Crippen molar-refractivity contribution in [1.82, 2.24) is 4.98 Å². The van der Waals surface area contributed by atoms with Gasteiger partial charge in [-0.15, -0.1) is 0 Å².